The Labute approximate surface area is 169 Å². The second kappa shape index (κ2) is 10.5. The maximum atomic E-state index is 12.0. The van der Waals surface area contributed by atoms with Crippen LogP contribution in [0.4, 0.5) is 16.2 Å². The minimum atomic E-state index is -0.534. The molecule has 0 aliphatic rings. The van der Waals surface area contributed by atoms with Gasteiger partial charge in [-0.15, -0.1) is 0 Å². The number of anilines is 2. The number of nitrogens with one attached hydrogen (secondary N) is 1. The fraction of sp³-hybridized carbons (Fsp3) is 0.227. The lowest BCUT2D eigenvalue weighted by Gasteiger charge is -2.09. The molecule has 0 radical (unpaired) electrons. The molecule has 7 nitrogen and oxygen atoms in total. The number of nitrogen functional groups attached to an aromatic ring is 1. The molecule has 150 valence electrons. The van der Waals surface area contributed by atoms with Crippen LogP contribution in [0.25, 0.3) is 17.2 Å². The zero-order valence-electron chi connectivity index (χ0n) is 16.4. The summed E-state index contributed by atoms with van der Waals surface area (Å²) in [7, 11) is 0. The summed E-state index contributed by atoms with van der Waals surface area (Å²) in [6.45, 7) is 3.96. The first kappa shape index (κ1) is 21.5. The monoisotopic (exact) mass is 393 g/mol. The molecular weight excluding hydrogens is 370 g/mol. The van der Waals surface area contributed by atoms with Crippen molar-refractivity contribution in [2.75, 3.05) is 24.3 Å². The number of carbonyl (C=O) groups is 2. The zero-order valence-corrected chi connectivity index (χ0v) is 16.4. The lowest BCUT2D eigenvalue weighted by Crippen LogP contribution is -2.13. The minimum Gasteiger partial charge on any atom is -0.463 e. The maximum absolute atomic E-state index is 12.0. The van der Waals surface area contributed by atoms with Gasteiger partial charge < -0.3 is 15.2 Å². The second-order valence-electron chi connectivity index (χ2n) is 5.99. The van der Waals surface area contributed by atoms with Crippen molar-refractivity contribution in [1.82, 2.24) is 0 Å². The number of rotatable bonds is 7. The first-order valence-electron chi connectivity index (χ1n) is 9.16. The van der Waals surface area contributed by atoms with Gasteiger partial charge in [-0.3, -0.25) is 5.32 Å². The number of nitrogens with zero attached hydrogens (tertiary/aromatic N) is 1. The number of amides is 1. The van der Waals surface area contributed by atoms with Crippen LogP contribution in [-0.2, 0) is 14.3 Å². The molecule has 1 amide bonds. The molecular formula is C22H23N3O4. The van der Waals surface area contributed by atoms with Crippen molar-refractivity contribution < 1.29 is 19.1 Å². The summed E-state index contributed by atoms with van der Waals surface area (Å²) < 4.78 is 9.85. The van der Waals surface area contributed by atoms with Crippen LogP contribution in [0.2, 0.25) is 0 Å². The second-order valence-corrected chi connectivity index (χ2v) is 5.99. The highest BCUT2D eigenvalue weighted by atomic mass is 16.5. The van der Waals surface area contributed by atoms with Crippen molar-refractivity contribution in [2.45, 2.75) is 20.3 Å². The Morgan fingerprint density at radius 2 is 1.72 bits per heavy atom. The highest BCUT2D eigenvalue weighted by Crippen LogP contribution is 2.27. The average Bonchev–Trinajstić information content (AvgIpc) is 2.70. The molecule has 0 atom stereocenters. The average molecular weight is 393 g/mol. The highest BCUT2D eigenvalue weighted by molar-refractivity contribution is 5.95. The molecule has 0 aliphatic heterocycles. The molecule has 0 saturated heterocycles. The molecule has 7 heteroatoms. The van der Waals surface area contributed by atoms with Gasteiger partial charge in [0.2, 0.25) is 0 Å². The van der Waals surface area contributed by atoms with Crippen LogP contribution in [-0.4, -0.2) is 25.3 Å². The Bertz CT molecular complexity index is 944. The van der Waals surface area contributed by atoms with Crippen molar-refractivity contribution in [3.8, 4) is 17.2 Å². The van der Waals surface area contributed by atoms with Gasteiger partial charge in [0.05, 0.1) is 31.3 Å². The van der Waals surface area contributed by atoms with Gasteiger partial charge in [0.15, 0.2) is 0 Å². The van der Waals surface area contributed by atoms with Gasteiger partial charge in [-0.1, -0.05) is 18.2 Å². The number of hydrogen-bond donors (Lipinski definition) is 2. The Balaban J connectivity index is 2.30. The number of nitrogens with two attached hydrogens (primary N) is 1. The van der Waals surface area contributed by atoms with Crippen LogP contribution in [0.3, 0.4) is 0 Å². The third-order valence-corrected chi connectivity index (χ3v) is 3.96. The van der Waals surface area contributed by atoms with E-state index in [0.717, 1.165) is 11.1 Å². The lowest BCUT2D eigenvalue weighted by molar-refractivity contribution is -0.138. The molecule has 0 bridgehead atoms. The molecule has 0 unspecified atom stereocenters. The maximum Gasteiger partial charge on any atom is 0.411 e. The van der Waals surface area contributed by atoms with E-state index in [-0.39, 0.29) is 18.6 Å². The van der Waals surface area contributed by atoms with Gasteiger partial charge >= 0.3 is 12.1 Å². The summed E-state index contributed by atoms with van der Waals surface area (Å²) in [4.78, 5) is 23.5. The van der Waals surface area contributed by atoms with E-state index < -0.39 is 12.1 Å². The fourth-order valence-corrected chi connectivity index (χ4v) is 2.59. The van der Waals surface area contributed by atoms with E-state index in [1.807, 2.05) is 30.3 Å². The first-order chi connectivity index (χ1) is 14.0. The summed E-state index contributed by atoms with van der Waals surface area (Å²) in [6, 6.07) is 14.6. The standard InChI is InChI=1S/C22H23N3O4/c1-3-28-21(26)17(11-12-23)14-18-13-16(7-10-20(18)24)15-5-8-19(9-6-15)25-22(27)29-4-2/h5-10,13-14H,3-4,11,24H2,1-2H3,(H,25,27). The Morgan fingerprint density at radius 1 is 1.07 bits per heavy atom. The number of ether oxygens (including phenoxy) is 2. The fourth-order valence-electron chi connectivity index (χ4n) is 2.59. The molecule has 2 aromatic carbocycles. The van der Waals surface area contributed by atoms with E-state index in [1.54, 1.807) is 38.1 Å². The van der Waals surface area contributed by atoms with E-state index >= 15 is 0 Å². The number of benzene rings is 2. The van der Waals surface area contributed by atoms with E-state index in [0.29, 0.717) is 23.5 Å². The van der Waals surface area contributed by atoms with Gasteiger partial charge in [0.25, 0.3) is 0 Å². The molecule has 0 heterocycles. The summed E-state index contributed by atoms with van der Waals surface area (Å²) in [5, 5.41) is 11.6. The minimum absolute atomic E-state index is 0.0727. The van der Waals surface area contributed by atoms with Crippen molar-refractivity contribution >= 4 is 29.5 Å². The van der Waals surface area contributed by atoms with E-state index in [2.05, 4.69) is 5.32 Å². The summed E-state index contributed by atoms with van der Waals surface area (Å²) in [5.41, 5.74) is 9.77. The molecule has 0 fully saturated rings. The lowest BCUT2D eigenvalue weighted by atomic mass is 9.99. The van der Waals surface area contributed by atoms with Gasteiger partial charge in [-0.2, -0.15) is 5.26 Å². The summed E-state index contributed by atoms with van der Waals surface area (Å²) in [6.07, 6.45) is 0.997. The summed E-state index contributed by atoms with van der Waals surface area (Å²) >= 11 is 0. The quantitative estimate of drug-likeness (QED) is 0.410. The van der Waals surface area contributed by atoms with Crippen LogP contribution in [0.1, 0.15) is 25.8 Å². The van der Waals surface area contributed by atoms with Crippen LogP contribution >= 0.6 is 0 Å². The molecule has 0 spiro atoms. The van der Waals surface area contributed by atoms with Gasteiger partial charge in [0, 0.05) is 11.4 Å². The van der Waals surface area contributed by atoms with E-state index in [4.69, 9.17) is 20.5 Å². The van der Waals surface area contributed by atoms with Crippen molar-refractivity contribution in [3.05, 3.63) is 53.6 Å². The van der Waals surface area contributed by atoms with Crippen LogP contribution in [0.5, 0.6) is 0 Å². The van der Waals surface area contributed by atoms with Crippen molar-refractivity contribution in [2.24, 2.45) is 0 Å². The van der Waals surface area contributed by atoms with Gasteiger partial charge in [0.1, 0.15) is 0 Å². The SMILES string of the molecule is CCOC(=O)Nc1ccc(-c2ccc(N)c(C=C(CC#N)C(=O)OCC)c2)cc1. The van der Waals surface area contributed by atoms with Crippen LogP contribution in [0, 0.1) is 11.3 Å². The number of esters is 1. The molecule has 3 N–H and O–H groups in total. The number of hydrogen-bond acceptors (Lipinski definition) is 6. The molecule has 0 saturated carbocycles. The Hall–Kier alpha value is -3.79. The Morgan fingerprint density at radius 3 is 2.34 bits per heavy atom. The number of nitriles is 1. The smallest absolute Gasteiger partial charge is 0.411 e. The molecule has 0 aromatic heterocycles. The Kier molecular flexibility index (Phi) is 7.80. The highest BCUT2D eigenvalue weighted by Gasteiger charge is 2.12. The van der Waals surface area contributed by atoms with E-state index in [1.165, 1.54) is 0 Å². The molecule has 2 aromatic rings. The molecule has 29 heavy (non-hydrogen) atoms. The van der Waals surface area contributed by atoms with Crippen molar-refractivity contribution in [3.63, 3.8) is 0 Å². The predicted octanol–water partition coefficient (Wildman–Crippen LogP) is 4.36. The van der Waals surface area contributed by atoms with Gasteiger partial charge in [-0.05, 0) is 60.9 Å². The topological polar surface area (TPSA) is 114 Å². The third kappa shape index (κ3) is 6.11. The predicted molar refractivity (Wildman–Crippen MR) is 112 cm³/mol. The largest absolute Gasteiger partial charge is 0.463 e. The van der Waals surface area contributed by atoms with Crippen LogP contribution < -0.4 is 11.1 Å². The van der Waals surface area contributed by atoms with Crippen LogP contribution in [0.15, 0.2) is 48.0 Å². The summed E-state index contributed by atoms with van der Waals surface area (Å²) in [5.74, 6) is -0.534. The first-order valence-corrected chi connectivity index (χ1v) is 9.16. The normalized spacial score (nSPS) is 10.7. The van der Waals surface area contributed by atoms with Gasteiger partial charge in [-0.25, -0.2) is 9.59 Å². The van der Waals surface area contributed by atoms with E-state index in [9.17, 15) is 9.59 Å². The zero-order chi connectivity index (χ0) is 21.2. The van der Waals surface area contributed by atoms with Crippen molar-refractivity contribution in [1.29, 1.82) is 5.26 Å². The molecule has 2 rings (SSSR count). The molecule has 0 aliphatic carbocycles. The number of carbonyl (C=O) groups excluding carboxylic acids is 2. The third-order valence-electron chi connectivity index (χ3n) is 3.96.